The monoisotopic (exact) mass is 454 g/mol. The number of hydrogen-bond acceptors (Lipinski definition) is 3. The maximum atomic E-state index is 4.82. The molecule has 6 nitrogen and oxygen atoms in total. The fraction of sp³-hybridized carbons (Fsp3) is 0.500. The molecule has 1 saturated heterocycles. The number of halogens is 1. The lowest BCUT2D eigenvalue weighted by Crippen LogP contribution is -2.41. The van der Waals surface area contributed by atoms with Gasteiger partial charge in [-0.3, -0.25) is 0 Å². The summed E-state index contributed by atoms with van der Waals surface area (Å²) in [7, 11) is 1.98. The Labute approximate surface area is 166 Å². The van der Waals surface area contributed by atoms with Crippen molar-refractivity contribution < 1.29 is 0 Å². The van der Waals surface area contributed by atoms with Gasteiger partial charge in [0.15, 0.2) is 11.8 Å². The summed E-state index contributed by atoms with van der Waals surface area (Å²) < 4.78 is 1.99. The predicted octanol–water partition coefficient (Wildman–Crippen LogP) is 3.04. The van der Waals surface area contributed by atoms with E-state index in [9.17, 15) is 0 Å². The summed E-state index contributed by atoms with van der Waals surface area (Å²) in [5, 5.41) is 11.9. The topological polar surface area (TPSA) is 58.3 Å². The summed E-state index contributed by atoms with van der Waals surface area (Å²) in [6.45, 7) is 6.79. The van der Waals surface area contributed by atoms with Gasteiger partial charge in [0.1, 0.15) is 12.4 Å². The second-order valence-corrected chi connectivity index (χ2v) is 6.33. The zero-order chi connectivity index (χ0) is 16.9. The number of aromatic nitrogens is 3. The number of nitrogens with zero attached hydrogens (tertiary/aromatic N) is 5. The van der Waals surface area contributed by atoms with E-state index in [0.29, 0.717) is 6.54 Å². The van der Waals surface area contributed by atoms with Crippen molar-refractivity contribution in [3.8, 4) is 0 Å². The number of aryl methyl sites for hydroxylation is 1. The molecule has 0 spiro atoms. The highest BCUT2D eigenvalue weighted by atomic mass is 127. The lowest BCUT2D eigenvalue weighted by atomic mass is 10.1. The molecule has 1 aromatic carbocycles. The Morgan fingerprint density at radius 3 is 2.48 bits per heavy atom. The van der Waals surface area contributed by atoms with E-state index in [1.807, 2.05) is 24.6 Å². The van der Waals surface area contributed by atoms with Crippen molar-refractivity contribution in [3.05, 3.63) is 47.5 Å². The minimum Gasteiger partial charge on any atom is -0.350 e. The normalized spacial score (nSPS) is 15.8. The van der Waals surface area contributed by atoms with E-state index in [0.717, 1.165) is 30.7 Å². The molecule has 1 fully saturated rings. The van der Waals surface area contributed by atoms with Crippen LogP contribution in [0.25, 0.3) is 0 Å². The number of rotatable bonds is 4. The number of likely N-dealkylation sites (tertiary alicyclic amines) is 1. The van der Waals surface area contributed by atoms with E-state index < -0.39 is 0 Å². The zero-order valence-corrected chi connectivity index (χ0v) is 17.5. The Hall–Kier alpha value is -1.64. The smallest absolute Gasteiger partial charge is 0.194 e. The van der Waals surface area contributed by atoms with Crippen molar-refractivity contribution >= 4 is 29.9 Å². The molecule has 1 N–H and O–H groups in total. The molecule has 1 atom stereocenters. The molecule has 2 aromatic rings. The van der Waals surface area contributed by atoms with Gasteiger partial charge in [-0.1, -0.05) is 30.3 Å². The van der Waals surface area contributed by atoms with Crippen LogP contribution in [0.15, 0.2) is 35.3 Å². The van der Waals surface area contributed by atoms with Crippen LogP contribution < -0.4 is 5.32 Å². The van der Waals surface area contributed by atoms with Gasteiger partial charge in [0.25, 0.3) is 0 Å². The first-order valence-corrected chi connectivity index (χ1v) is 8.61. The lowest BCUT2D eigenvalue weighted by Gasteiger charge is -2.25. The average molecular weight is 454 g/mol. The van der Waals surface area contributed by atoms with Crippen LogP contribution in [0.2, 0.25) is 0 Å². The van der Waals surface area contributed by atoms with Gasteiger partial charge in [0.2, 0.25) is 0 Å². The Morgan fingerprint density at radius 2 is 1.88 bits per heavy atom. The van der Waals surface area contributed by atoms with Crippen LogP contribution in [-0.4, -0.2) is 38.7 Å². The van der Waals surface area contributed by atoms with Crippen molar-refractivity contribution in [1.82, 2.24) is 25.0 Å². The van der Waals surface area contributed by atoms with Gasteiger partial charge in [-0.25, -0.2) is 4.99 Å². The molecule has 25 heavy (non-hydrogen) atoms. The third-order valence-corrected chi connectivity index (χ3v) is 4.60. The molecule has 1 aromatic heterocycles. The molecule has 0 saturated carbocycles. The number of benzene rings is 1. The maximum Gasteiger partial charge on any atom is 0.194 e. The first-order valence-electron chi connectivity index (χ1n) is 8.61. The largest absolute Gasteiger partial charge is 0.350 e. The number of hydrogen-bond donors (Lipinski definition) is 1. The number of nitrogens with one attached hydrogen (secondary N) is 1. The lowest BCUT2D eigenvalue weighted by molar-refractivity contribution is 0.478. The second kappa shape index (κ2) is 9.17. The molecule has 136 valence electrons. The van der Waals surface area contributed by atoms with Crippen molar-refractivity contribution in [2.24, 2.45) is 12.0 Å². The Morgan fingerprint density at radius 1 is 1.20 bits per heavy atom. The van der Waals surface area contributed by atoms with E-state index >= 15 is 0 Å². The minimum atomic E-state index is 0. The number of guanidine groups is 1. The molecule has 1 unspecified atom stereocenters. The second-order valence-electron chi connectivity index (χ2n) is 6.33. The molecular weight excluding hydrogens is 427 g/mol. The molecule has 0 amide bonds. The van der Waals surface area contributed by atoms with Crippen molar-refractivity contribution in [2.45, 2.75) is 39.3 Å². The van der Waals surface area contributed by atoms with Crippen LogP contribution in [0.4, 0.5) is 0 Å². The van der Waals surface area contributed by atoms with Crippen LogP contribution in [0.1, 0.15) is 43.0 Å². The van der Waals surface area contributed by atoms with Crippen LogP contribution in [0.3, 0.4) is 0 Å². The van der Waals surface area contributed by atoms with Crippen molar-refractivity contribution in [3.63, 3.8) is 0 Å². The van der Waals surface area contributed by atoms with Crippen molar-refractivity contribution in [2.75, 3.05) is 13.1 Å². The number of aliphatic imine (C=N–C) groups is 1. The standard InChI is InChI=1S/C18H26N6.HI/c1-14(16-9-5-4-6-10-16)20-18(24-11-7-8-12-24)19-13-17-22-21-15(2)23(17)3;/h4-6,9-10,14H,7-8,11-13H2,1-3H3,(H,19,20);1H. The van der Waals surface area contributed by atoms with Gasteiger partial charge in [-0.2, -0.15) is 0 Å². The van der Waals surface area contributed by atoms with E-state index in [2.05, 4.69) is 51.6 Å². The van der Waals surface area contributed by atoms with E-state index in [1.165, 1.54) is 18.4 Å². The molecular formula is C18H27IN6. The molecule has 2 heterocycles. The molecule has 1 aliphatic heterocycles. The summed E-state index contributed by atoms with van der Waals surface area (Å²) in [5.74, 6) is 2.76. The summed E-state index contributed by atoms with van der Waals surface area (Å²) in [5.41, 5.74) is 1.26. The zero-order valence-electron chi connectivity index (χ0n) is 15.1. The average Bonchev–Trinajstić information content (AvgIpc) is 3.24. The molecule has 0 bridgehead atoms. The quantitative estimate of drug-likeness (QED) is 0.439. The van der Waals surface area contributed by atoms with E-state index in [-0.39, 0.29) is 30.0 Å². The molecule has 1 aliphatic rings. The molecule has 0 radical (unpaired) electrons. The first-order chi connectivity index (χ1) is 11.6. The third kappa shape index (κ3) is 4.93. The molecule has 0 aliphatic carbocycles. The highest BCUT2D eigenvalue weighted by Crippen LogP contribution is 2.14. The highest BCUT2D eigenvalue weighted by Gasteiger charge is 2.18. The van der Waals surface area contributed by atoms with Gasteiger partial charge in [-0.05, 0) is 32.3 Å². The summed E-state index contributed by atoms with van der Waals surface area (Å²) in [4.78, 5) is 7.16. The van der Waals surface area contributed by atoms with Gasteiger partial charge in [-0.15, -0.1) is 34.2 Å². The predicted molar refractivity (Wildman–Crippen MR) is 111 cm³/mol. The maximum absolute atomic E-state index is 4.82. The van der Waals surface area contributed by atoms with E-state index in [4.69, 9.17) is 4.99 Å². The minimum absolute atomic E-state index is 0. The highest BCUT2D eigenvalue weighted by molar-refractivity contribution is 14.0. The fourth-order valence-corrected chi connectivity index (χ4v) is 2.92. The molecule has 3 rings (SSSR count). The molecule has 7 heteroatoms. The van der Waals surface area contributed by atoms with Crippen LogP contribution in [0.5, 0.6) is 0 Å². The van der Waals surface area contributed by atoms with Gasteiger partial charge < -0.3 is 14.8 Å². The third-order valence-electron chi connectivity index (χ3n) is 4.60. The summed E-state index contributed by atoms with van der Waals surface area (Å²) >= 11 is 0. The summed E-state index contributed by atoms with van der Waals surface area (Å²) in [6, 6.07) is 10.7. The van der Waals surface area contributed by atoms with Gasteiger partial charge >= 0.3 is 0 Å². The van der Waals surface area contributed by atoms with Crippen LogP contribution >= 0.6 is 24.0 Å². The first kappa shape index (κ1) is 19.7. The van der Waals surface area contributed by atoms with Gasteiger partial charge in [0, 0.05) is 20.1 Å². The fourth-order valence-electron chi connectivity index (χ4n) is 2.92. The Kier molecular flexibility index (Phi) is 7.22. The SMILES string of the molecule is Cc1nnc(CN=C(NC(C)c2ccccc2)N2CCCC2)n1C.I. The van der Waals surface area contributed by atoms with E-state index in [1.54, 1.807) is 0 Å². The van der Waals surface area contributed by atoms with Crippen LogP contribution in [0, 0.1) is 6.92 Å². The Bertz CT molecular complexity index is 691. The van der Waals surface area contributed by atoms with Gasteiger partial charge in [0.05, 0.1) is 6.04 Å². The summed E-state index contributed by atoms with van der Waals surface area (Å²) in [6.07, 6.45) is 2.45. The van der Waals surface area contributed by atoms with Crippen molar-refractivity contribution in [1.29, 1.82) is 0 Å². The Balaban J connectivity index is 0.00000225. The van der Waals surface area contributed by atoms with Crippen LogP contribution in [-0.2, 0) is 13.6 Å².